The predicted molar refractivity (Wildman–Crippen MR) is 80.1 cm³/mol. The van der Waals surface area contributed by atoms with Gasteiger partial charge in [-0.05, 0) is 42.0 Å². The van der Waals surface area contributed by atoms with Crippen molar-refractivity contribution in [1.82, 2.24) is 0 Å². The van der Waals surface area contributed by atoms with E-state index in [4.69, 9.17) is 4.74 Å². The fourth-order valence-corrected chi connectivity index (χ4v) is 2.06. The summed E-state index contributed by atoms with van der Waals surface area (Å²) < 4.78 is 46.7. The fourth-order valence-electron chi connectivity index (χ4n) is 2.06. The Hall–Kier alpha value is -3.09. The maximum atomic E-state index is 13.2. The van der Waals surface area contributed by atoms with Gasteiger partial charge in [-0.1, -0.05) is 18.2 Å². The predicted octanol–water partition coefficient (Wildman–Crippen LogP) is 3.77. The average molecular weight is 333 g/mol. The lowest BCUT2D eigenvalue weighted by molar-refractivity contribution is -0.129. The molecule has 0 unspecified atom stereocenters. The minimum Gasteiger partial charge on any atom is -0.435 e. The van der Waals surface area contributed by atoms with Crippen LogP contribution < -0.4 is 4.74 Å². The zero-order valence-corrected chi connectivity index (χ0v) is 12.1. The molecule has 0 N–H and O–H groups in total. The topological polar surface area (TPSA) is 47.9 Å². The van der Waals surface area contributed by atoms with Crippen molar-refractivity contribution in [3.63, 3.8) is 0 Å². The number of rotatable bonds is 4. The molecule has 4 nitrogen and oxygen atoms in total. The molecule has 122 valence electrons. The van der Waals surface area contributed by atoms with Gasteiger partial charge >= 0.3 is 12.6 Å². The summed E-state index contributed by atoms with van der Waals surface area (Å²) in [4.78, 5) is 15.9. The lowest BCUT2D eigenvalue weighted by Crippen LogP contribution is -2.05. The summed E-state index contributed by atoms with van der Waals surface area (Å²) in [5.74, 6) is -1.14. The maximum absolute atomic E-state index is 13.2. The quantitative estimate of drug-likeness (QED) is 0.632. The van der Waals surface area contributed by atoms with Crippen LogP contribution in [0.2, 0.25) is 0 Å². The summed E-state index contributed by atoms with van der Waals surface area (Å²) in [6, 6.07) is 11.2. The highest BCUT2D eigenvalue weighted by Gasteiger charge is 2.24. The smallest absolute Gasteiger partial charge is 0.387 e. The number of alkyl halides is 2. The number of benzene rings is 2. The molecule has 0 amide bonds. The second-order valence-electron chi connectivity index (χ2n) is 4.79. The molecular formula is C17H10F3NO3. The van der Waals surface area contributed by atoms with Gasteiger partial charge in [0, 0.05) is 5.56 Å². The van der Waals surface area contributed by atoms with E-state index < -0.39 is 18.4 Å². The summed E-state index contributed by atoms with van der Waals surface area (Å²) in [5.41, 5.74) is 0.914. The van der Waals surface area contributed by atoms with Gasteiger partial charge in [-0.25, -0.2) is 14.2 Å². The third-order valence-electron chi connectivity index (χ3n) is 3.10. The van der Waals surface area contributed by atoms with Crippen LogP contribution in [0.4, 0.5) is 13.2 Å². The van der Waals surface area contributed by atoms with Crippen LogP contribution in [0.3, 0.4) is 0 Å². The third kappa shape index (κ3) is 3.62. The van der Waals surface area contributed by atoms with E-state index in [2.05, 4.69) is 9.73 Å². The molecule has 0 fully saturated rings. The molecule has 24 heavy (non-hydrogen) atoms. The van der Waals surface area contributed by atoms with Crippen LogP contribution in [0.5, 0.6) is 5.75 Å². The van der Waals surface area contributed by atoms with E-state index in [1.165, 1.54) is 48.5 Å². The van der Waals surface area contributed by atoms with Crippen molar-refractivity contribution in [2.75, 3.05) is 0 Å². The van der Waals surface area contributed by atoms with Gasteiger partial charge in [0.1, 0.15) is 11.6 Å². The van der Waals surface area contributed by atoms with E-state index >= 15 is 0 Å². The Balaban J connectivity index is 1.83. The Kier molecular flexibility index (Phi) is 4.33. The van der Waals surface area contributed by atoms with Crippen LogP contribution in [0.25, 0.3) is 6.08 Å². The molecule has 0 radical (unpaired) electrons. The largest absolute Gasteiger partial charge is 0.435 e. The molecule has 0 aliphatic carbocycles. The van der Waals surface area contributed by atoms with E-state index in [9.17, 15) is 18.0 Å². The van der Waals surface area contributed by atoms with Gasteiger partial charge in [0.2, 0.25) is 5.90 Å². The monoisotopic (exact) mass is 333 g/mol. The van der Waals surface area contributed by atoms with E-state index in [0.717, 1.165) is 0 Å². The highest BCUT2D eigenvalue weighted by atomic mass is 19.3. The number of halogens is 3. The number of aliphatic imine (C=N–C) groups is 1. The highest BCUT2D eigenvalue weighted by Crippen LogP contribution is 2.21. The fraction of sp³-hybridized carbons (Fsp3) is 0.0588. The van der Waals surface area contributed by atoms with Crippen LogP contribution in [0.1, 0.15) is 11.1 Å². The highest BCUT2D eigenvalue weighted by molar-refractivity contribution is 6.12. The van der Waals surface area contributed by atoms with E-state index in [1.807, 2.05) is 0 Å². The molecule has 0 bridgehead atoms. The summed E-state index contributed by atoms with van der Waals surface area (Å²) in [6.45, 7) is -2.91. The summed E-state index contributed by atoms with van der Waals surface area (Å²) in [6.07, 6.45) is 1.43. The first kappa shape index (κ1) is 15.8. The molecular weight excluding hydrogens is 323 g/mol. The average Bonchev–Trinajstić information content (AvgIpc) is 2.90. The normalized spacial score (nSPS) is 15.6. The van der Waals surface area contributed by atoms with E-state index in [0.29, 0.717) is 11.1 Å². The molecule has 2 aromatic carbocycles. The zero-order valence-electron chi connectivity index (χ0n) is 12.1. The van der Waals surface area contributed by atoms with Crippen LogP contribution in [-0.2, 0) is 9.53 Å². The van der Waals surface area contributed by atoms with E-state index in [1.54, 1.807) is 6.07 Å². The molecule has 7 heteroatoms. The molecule has 3 rings (SSSR count). The molecule has 0 atom stereocenters. The van der Waals surface area contributed by atoms with Crippen molar-refractivity contribution in [3.8, 4) is 5.75 Å². The van der Waals surface area contributed by atoms with Crippen molar-refractivity contribution in [2.45, 2.75) is 6.61 Å². The van der Waals surface area contributed by atoms with E-state index in [-0.39, 0.29) is 17.3 Å². The minimum atomic E-state index is -2.91. The molecule has 0 saturated heterocycles. The van der Waals surface area contributed by atoms with Gasteiger partial charge in [-0.3, -0.25) is 0 Å². The number of esters is 1. The number of carbonyl (C=O) groups is 1. The zero-order chi connectivity index (χ0) is 17.1. The lowest BCUT2D eigenvalue weighted by Gasteiger charge is -2.03. The van der Waals surface area contributed by atoms with Gasteiger partial charge in [0.15, 0.2) is 5.70 Å². The Morgan fingerprint density at radius 3 is 2.54 bits per heavy atom. The first-order valence-electron chi connectivity index (χ1n) is 6.84. The van der Waals surface area contributed by atoms with Crippen LogP contribution in [-0.4, -0.2) is 18.5 Å². The summed E-state index contributed by atoms with van der Waals surface area (Å²) in [5, 5.41) is 0. The molecule has 1 heterocycles. The van der Waals surface area contributed by atoms with Gasteiger partial charge in [-0.2, -0.15) is 8.78 Å². The first-order chi connectivity index (χ1) is 11.5. The Bertz CT molecular complexity index is 829. The summed E-state index contributed by atoms with van der Waals surface area (Å²) >= 11 is 0. The number of ether oxygens (including phenoxy) is 2. The SMILES string of the molecule is O=C1OC(c2cccc(F)c2)=N/C1=C\c1ccc(OC(F)F)cc1. The van der Waals surface area contributed by atoms with Gasteiger partial charge in [-0.15, -0.1) is 0 Å². The minimum absolute atomic E-state index is 0.00315. The van der Waals surface area contributed by atoms with Crippen molar-refractivity contribution in [2.24, 2.45) is 4.99 Å². The number of carbonyl (C=O) groups excluding carboxylic acids is 1. The number of nitrogens with zero attached hydrogens (tertiary/aromatic N) is 1. The second kappa shape index (κ2) is 6.57. The van der Waals surface area contributed by atoms with Crippen molar-refractivity contribution in [3.05, 3.63) is 71.2 Å². The first-order valence-corrected chi connectivity index (χ1v) is 6.84. The number of hydrogen-bond acceptors (Lipinski definition) is 4. The van der Waals surface area contributed by atoms with Crippen molar-refractivity contribution < 1.29 is 27.4 Å². The molecule has 1 aliphatic heterocycles. The van der Waals surface area contributed by atoms with Gasteiger partial charge in [0.05, 0.1) is 0 Å². The van der Waals surface area contributed by atoms with Crippen molar-refractivity contribution >= 4 is 17.9 Å². The second-order valence-corrected chi connectivity index (χ2v) is 4.79. The van der Waals surface area contributed by atoms with Gasteiger partial charge < -0.3 is 9.47 Å². The van der Waals surface area contributed by atoms with Crippen LogP contribution in [0.15, 0.2) is 59.2 Å². The maximum Gasteiger partial charge on any atom is 0.387 e. The standard InChI is InChI=1S/C17H10F3NO3/c18-12-3-1-2-11(9-12)15-21-14(16(22)24-15)8-10-4-6-13(7-5-10)23-17(19)20/h1-9,17H/b14-8-. The Labute approximate surface area is 134 Å². The van der Waals surface area contributed by atoms with Crippen LogP contribution in [0, 0.1) is 5.82 Å². The molecule has 0 saturated carbocycles. The van der Waals surface area contributed by atoms with Crippen molar-refractivity contribution in [1.29, 1.82) is 0 Å². The summed E-state index contributed by atoms with van der Waals surface area (Å²) in [7, 11) is 0. The third-order valence-corrected chi connectivity index (χ3v) is 3.10. The Morgan fingerprint density at radius 1 is 1.12 bits per heavy atom. The van der Waals surface area contributed by atoms with Gasteiger partial charge in [0.25, 0.3) is 0 Å². The number of cyclic esters (lactones) is 1. The molecule has 1 aliphatic rings. The lowest BCUT2D eigenvalue weighted by atomic mass is 10.2. The number of hydrogen-bond donors (Lipinski definition) is 0. The van der Waals surface area contributed by atoms with Crippen LogP contribution >= 0.6 is 0 Å². The molecule has 0 spiro atoms. The Morgan fingerprint density at radius 2 is 1.88 bits per heavy atom. The molecule has 0 aromatic heterocycles. The molecule has 2 aromatic rings.